The molecule has 0 N–H and O–H groups in total. The Labute approximate surface area is 89.9 Å². The number of rotatable bonds is 5. The molecule has 0 radical (unpaired) electrons. The Morgan fingerprint density at radius 1 is 1.29 bits per heavy atom. The predicted octanol–water partition coefficient (Wildman–Crippen LogP) is 3.32. The number of thioether (sulfide) groups is 1. The van der Waals surface area contributed by atoms with E-state index >= 15 is 0 Å². The lowest BCUT2D eigenvalue weighted by molar-refractivity contribution is 0.102. The molecule has 0 saturated carbocycles. The predicted molar refractivity (Wildman–Crippen MR) is 63.1 cm³/mol. The minimum Gasteiger partial charge on any atom is -0.293 e. The van der Waals surface area contributed by atoms with Crippen molar-refractivity contribution >= 4 is 17.5 Å². The van der Waals surface area contributed by atoms with Crippen LogP contribution in [-0.2, 0) is 0 Å². The van der Waals surface area contributed by atoms with Crippen molar-refractivity contribution in [2.45, 2.75) is 20.3 Å². The van der Waals surface area contributed by atoms with Crippen LogP contribution in [-0.4, -0.2) is 17.3 Å². The summed E-state index contributed by atoms with van der Waals surface area (Å²) in [7, 11) is 0. The van der Waals surface area contributed by atoms with Crippen LogP contribution in [0.15, 0.2) is 24.3 Å². The van der Waals surface area contributed by atoms with Gasteiger partial charge in [-0.3, -0.25) is 4.79 Å². The molecule has 14 heavy (non-hydrogen) atoms. The molecule has 1 nitrogen and oxygen atoms in total. The van der Waals surface area contributed by atoms with Crippen LogP contribution in [0.4, 0.5) is 0 Å². The largest absolute Gasteiger partial charge is 0.293 e. The first kappa shape index (κ1) is 11.3. The summed E-state index contributed by atoms with van der Waals surface area (Å²) in [5.74, 6) is 1.91. The number of hydrogen-bond donors (Lipinski definition) is 0. The van der Waals surface area contributed by atoms with E-state index in [9.17, 15) is 4.79 Å². The van der Waals surface area contributed by atoms with Crippen LogP contribution in [0, 0.1) is 6.92 Å². The summed E-state index contributed by atoms with van der Waals surface area (Å²) in [6.07, 6.45) is 1.13. The Hall–Kier alpha value is -0.760. The number of aryl methyl sites for hydroxylation is 1. The molecule has 1 aromatic carbocycles. The zero-order chi connectivity index (χ0) is 10.4. The number of hydrogen-bond acceptors (Lipinski definition) is 2. The maximum Gasteiger partial charge on any atom is 0.172 e. The second-order valence-electron chi connectivity index (χ2n) is 3.34. The van der Waals surface area contributed by atoms with E-state index in [1.807, 2.05) is 31.2 Å². The molecule has 0 bridgehead atoms. The highest BCUT2D eigenvalue weighted by molar-refractivity contribution is 7.99. The van der Waals surface area contributed by atoms with E-state index in [0.717, 1.165) is 17.7 Å². The lowest BCUT2D eigenvalue weighted by Crippen LogP contribution is -2.02. The van der Waals surface area contributed by atoms with E-state index in [0.29, 0.717) is 5.75 Å². The molecular formula is C12H16OS. The fourth-order valence-electron chi connectivity index (χ4n) is 1.13. The summed E-state index contributed by atoms with van der Waals surface area (Å²) in [4.78, 5) is 11.6. The summed E-state index contributed by atoms with van der Waals surface area (Å²) in [5.41, 5.74) is 2.03. The van der Waals surface area contributed by atoms with E-state index < -0.39 is 0 Å². The van der Waals surface area contributed by atoms with Crippen LogP contribution in [0.2, 0.25) is 0 Å². The first-order valence-electron chi connectivity index (χ1n) is 4.91. The lowest BCUT2D eigenvalue weighted by Gasteiger charge is -2.00. The molecule has 0 amide bonds. The number of benzene rings is 1. The molecule has 0 aliphatic carbocycles. The van der Waals surface area contributed by atoms with Crippen molar-refractivity contribution < 1.29 is 4.79 Å². The average Bonchev–Trinajstić information content (AvgIpc) is 2.19. The molecule has 0 aliphatic heterocycles. The van der Waals surface area contributed by atoms with E-state index in [2.05, 4.69) is 6.92 Å². The van der Waals surface area contributed by atoms with Crippen LogP contribution < -0.4 is 0 Å². The van der Waals surface area contributed by atoms with Crippen molar-refractivity contribution in [3.05, 3.63) is 35.4 Å². The highest BCUT2D eigenvalue weighted by Crippen LogP contribution is 2.09. The topological polar surface area (TPSA) is 17.1 Å². The molecular weight excluding hydrogens is 192 g/mol. The molecule has 76 valence electrons. The fraction of sp³-hybridized carbons (Fsp3) is 0.417. The summed E-state index contributed by atoms with van der Waals surface area (Å²) in [5, 5.41) is 0. The van der Waals surface area contributed by atoms with E-state index in [4.69, 9.17) is 0 Å². The first-order valence-corrected chi connectivity index (χ1v) is 6.07. The first-order chi connectivity index (χ1) is 6.74. The molecule has 0 spiro atoms. The van der Waals surface area contributed by atoms with Gasteiger partial charge in [-0.15, -0.1) is 0 Å². The third-order valence-electron chi connectivity index (χ3n) is 1.96. The van der Waals surface area contributed by atoms with Crippen LogP contribution in [0.3, 0.4) is 0 Å². The minimum atomic E-state index is 0.239. The molecule has 1 rings (SSSR count). The van der Waals surface area contributed by atoms with Crippen molar-refractivity contribution in [1.29, 1.82) is 0 Å². The van der Waals surface area contributed by atoms with Crippen molar-refractivity contribution in [2.24, 2.45) is 0 Å². The van der Waals surface area contributed by atoms with Crippen LogP contribution in [0.1, 0.15) is 29.3 Å². The number of ketones is 1. The van der Waals surface area contributed by atoms with Gasteiger partial charge in [-0.1, -0.05) is 36.8 Å². The molecule has 0 unspecified atom stereocenters. The Kier molecular flexibility index (Phi) is 4.74. The molecule has 1 aromatic rings. The van der Waals surface area contributed by atoms with Gasteiger partial charge >= 0.3 is 0 Å². The van der Waals surface area contributed by atoms with Gasteiger partial charge in [0, 0.05) is 5.56 Å². The lowest BCUT2D eigenvalue weighted by atomic mass is 10.1. The number of carbonyl (C=O) groups excluding carboxylic acids is 1. The van der Waals surface area contributed by atoms with Gasteiger partial charge in [0.05, 0.1) is 5.75 Å². The number of Topliss-reactive ketones (excluding diaryl/α,β-unsaturated/α-hetero) is 1. The third kappa shape index (κ3) is 3.54. The van der Waals surface area contributed by atoms with Crippen LogP contribution >= 0.6 is 11.8 Å². The van der Waals surface area contributed by atoms with Crippen molar-refractivity contribution in [1.82, 2.24) is 0 Å². The third-order valence-corrected chi connectivity index (χ3v) is 3.12. The zero-order valence-electron chi connectivity index (χ0n) is 8.75. The van der Waals surface area contributed by atoms with Gasteiger partial charge < -0.3 is 0 Å². The highest BCUT2D eigenvalue weighted by Gasteiger charge is 2.04. The van der Waals surface area contributed by atoms with E-state index in [-0.39, 0.29) is 5.78 Å². The summed E-state index contributed by atoms with van der Waals surface area (Å²) in [6.45, 7) is 4.16. The normalized spacial score (nSPS) is 10.1. The maximum atomic E-state index is 11.6. The highest BCUT2D eigenvalue weighted by atomic mass is 32.2. The molecule has 0 fully saturated rings. The van der Waals surface area contributed by atoms with Gasteiger partial charge in [-0.05, 0) is 19.1 Å². The van der Waals surface area contributed by atoms with E-state index in [1.165, 1.54) is 5.56 Å². The Morgan fingerprint density at radius 3 is 2.50 bits per heavy atom. The van der Waals surface area contributed by atoms with Crippen LogP contribution in [0.5, 0.6) is 0 Å². The van der Waals surface area contributed by atoms with Gasteiger partial charge in [0.2, 0.25) is 0 Å². The fourth-order valence-corrected chi connectivity index (χ4v) is 1.92. The van der Waals surface area contributed by atoms with Crippen molar-refractivity contribution in [3.63, 3.8) is 0 Å². The second kappa shape index (κ2) is 5.86. The molecule has 0 heterocycles. The average molecular weight is 208 g/mol. The number of carbonyl (C=O) groups is 1. The molecule has 0 aliphatic rings. The monoisotopic (exact) mass is 208 g/mol. The summed E-state index contributed by atoms with van der Waals surface area (Å²) in [6, 6.07) is 7.78. The van der Waals surface area contributed by atoms with Crippen molar-refractivity contribution in [2.75, 3.05) is 11.5 Å². The quantitative estimate of drug-likeness (QED) is 0.545. The van der Waals surface area contributed by atoms with E-state index in [1.54, 1.807) is 11.8 Å². The standard InChI is InChI=1S/C12H16OS/c1-3-8-14-9-12(13)11-6-4-10(2)5-7-11/h4-7H,3,8-9H2,1-2H3. The minimum absolute atomic E-state index is 0.239. The zero-order valence-corrected chi connectivity index (χ0v) is 9.56. The molecule has 0 aromatic heterocycles. The summed E-state index contributed by atoms with van der Waals surface area (Å²) < 4.78 is 0. The Balaban J connectivity index is 2.48. The molecule has 0 atom stereocenters. The van der Waals surface area contributed by atoms with Gasteiger partial charge in [0.1, 0.15) is 0 Å². The van der Waals surface area contributed by atoms with Crippen molar-refractivity contribution in [3.8, 4) is 0 Å². The van der Waals surface area contributed by atoms with Gasteiger partial charge in [0.15, 0.2) is 5.78 Å². The Bertz CT molecular complexity index is 290. The van der Waals surface area contributed by atoms with Gasteiger partial charge in [-0.2, -0.15) is 11.8 Å². The molecule has 0 saturated heterocycles. The molecule has 2 heteroatoms. The van der Waals surface area contributed by atoms with Gasteiger partial charge in [0.25, 0.3) is 0 Å². The summed E-state index contributed by atoms with van der Waals surface area (Å²) >= 11 is 1.71. The Morgan fingerprint density at radius 2 is 1.93 bits per heavy atom. The maximum absolute atomic E-state index is 11.6. The SMILES string of the molecule is CCCSCC(=O)c1ccc(C)cc1. The smallest absolute Gasteiger partial charge is 0.172 e. The van der Waals surface area contributed by atoms with Gasteiger partial charge in [-0.25, -0.2) is 0 Å². The second-order valence-corrected chi connectivity index (χ2v) is 4.45. The van der Waals surface area contributed by atoms with Crippen LogP contribution in [0.25, 0.3) is 0 Å².